The molecule has 1 aliphatic heterocycles. The molecule has 0 saturated carbocycles. The van der Waals surface area contributed by atoms with E-state index in [1.54, 1.807) is 0 Å². The maximum Gasteiger partial charge on any atom is 0.0668 e. The number of anilines is 2. The second kappa shape index (κ2) is 4.21. The minimum atomic E-state index is 0.561. The summed E-state index contributed by atoms with van der Waals surface area (Å²) >= 11 is 0. The van der Waals surface area contributed by atoms with Crippen LogP contribution in [0, 0.1) is 0 Å². The van der Waals surface area contributed by atoms with E-state index in [4.69, 9.17) is 0 Å². The fourth-order valence-electron chi connectivity index (χ4n) is 2.47. The molecular weight excluding hydrogens is 208 g/mol. The first-order valence-corrected chi connectivity index (χ1v) is 6.14. The van der Waals surface area contributed by atoms with Gasteiger partial charge in [-0.1, -0.05) is 25.1 Å². The minimum Gasteiger partial charge on any atom is -0.340 e. The Morgan fingerprint density at radius 1 is 1.12 bits per heavy atom. The van der Waals surface area contributed by atoms with E-state index in [0.29, 0.717) is 5.92 Å². The van der Waals surface area contributed by atoms with Gasteiger partial charge in [-0.2, -0.15) is 0 Å². The first-order chi connectivity index (χ1) is 8.36. The van der Waals surface area contributed by atoms with E-state index in [0.717, 1.165) is 6.54 Å². The zero-order valence-electron chi connectivity index (χ0n) is 10.0. The Morgan fingerprint density at radius 2 is 1.94 bits per heavy atom. The maximum absolute atomic E-state index is 4.53. The molecular formula is C15H16N2. The molecule has 1 aliphatic rings. The first kappa shape index (κ1) is 10.3. The van der Waals surface area contributed by atoms with Gasteiger partial charge in [-0.3, -0.25) is 4.98 Å². The predicted molar refractivity (Wildman–Crippen MR) is 70.7 cm³/mol. The molecule has 17 heavy (non-hydrogen) atoms. The summed E-state index contributed by atoms with van der Waals surface area (Å²) in [4.78, 5) is 6.90. The zero-order chi connectivity index (χ0) is 11.7. The van der Waals surface area contributed by atoms with Gasteiger partial charge < -0.3 is 4.90 Å². The second-order valence-electron chi connectivity index (χ2n) is 4.58. The van der Waals surface area contributed by atoms with Crippen molar-refractivity contribution >= 4 is 11.4 Å². The van der Waals surface area contributed by atoms with E-state index in [2.05, 4.69) is 53.2 Å². The van der Waals surface area contributed by atoms with E-state index in [1.807, 2.05) is 12.3 Å². The molecule has 0 radical (unpaired) electrons. The van der Waals surface area contributed by atoms with E-state index < -0.39 is 0 Å². The third kappa shape index (κ3) is 1.80. The monoisotopic (exact) mass is 224 g/mol. The lowest BCUT2D eigenvalue weighted by molar-refractivity contribution is 0.630. The Bertz CT molecular complexity index is 507. The molecule has 0 aliphatic carbocycles. The number of hydrogen-bond donors (Lipinski definition) is 0. The number of rotatable bonds is 1. The molecule has 0 spiro atoms. The van der Waals surface area contributed by atoms with E-state index in [1.165, 1.54) is 23.5 Å². The summed E-state index contributed by atoms with van der Waals surface area (Å²) in [7, 11) is 0. The lowest BCUT2D eigenvalue weighted by Crippen LogP contribution is -2.26. The van der Waals surface area contributed by atoms with Crippen molar-refractivity contribution in [2.24, 2.45) is 0 Å². The van der Waals surface area contributed by atoms with E-state index in [9.17, 15) is 0 Å². The number of hydrogen-bond acceptors (Lipinski definition) is 2. The normalized spacial score (nSPS) is 18.9. The lowest BCUT2D eigenvalue weighted by atomic mass is 9.96. The summed E-state index contributed by atoms with van der Waals surface area (Å²) in [6.45, 7) is 3.33. The average molecular weight is 224 g/mol. The van der Waals surface area contributed by atoms with E-state index in [-0.39, 0.29) is 0 Å². The average Bonchev–Trinajstić information content (AvgIpc) is 2.41. The molecule has 0 amide bonds. The van der Waals surface area contributed by atoms with Crippen LogP contribution in [-0.2, 0) is 0 Å². The van der Waals surface area contributed by atoms with Crippen molar-refractivity contribution in [2.45, 2.75) is 19.3 Å². The van der Waals surface area contributed by atoms with Gasteiger partial charge in [0.25, 0.3) is 0 Å². The van der Waals surface area contributed by atoms with Crippen molar-refractivity contribution in [1.82, 2.24) is 4.98 Å². The molecule has 2 heterocycles. The smallest absolute Gasteiger partial charge is 0.0668 e. The van der Waals surface area contributed by atoms with Gasteiger partial charge in [0.2, 0.25) is 0 Å². The van der Waals surface area contributed by atoms with Gasteiger partial charge in [0.1, 0.15) is 0 Å². The van der Waals surface area contributed by atoms with Crippen LogP contribution < -0.4 is 4.90 Å². The Labute approximate surface area is 102 Å². The Hall–Kier alpha value is -1.83. The number of para-hydroxylation sites is 1. The summed E-state index contributed by atoms with van der Waals surface area (Å²) in [6, 6.07) is 14.7. The summed E-state index contributed by atoms with van der Waals surface area (Å²) in [6.07, 6.45) is 3.06. The molecule has 0 N–H and O–H groups in total. The van der Waals surface area contributed by atoms with E-state index >= 15 is 0 Å². The van der Waals surface area contributed by atoms with Crippen molar-refractivity contribution in [3.8, 4) is 0 Å². The van der Waals surface area contributed by atoms with Crippen molar-refractivity contribution in [3.63, 3.8) is 0 Å². The molecule has 2 nitrogen and oxygen atoms in total. The Balaban J connectivity index is 2.07. The highest BCUT2D eigenvalue weighted by atomic mass is 15.2. The molecule has 0 saturated heterocycles. The fraction of sp³-hybridized carbons (Fsp3) is 0.267. The van der Waals surface area contributed by atoms with Crippen LogP contribution in [0.3, 0.4) is 0 Å². The molecule has 1 aromatic heterocycles. The number of pyridine rings is 1. The molecule has 2 heteroatoms. The highest BCUT2D eigenvalue weighted by Gasteiger charge is 2.23. The van der Waals surface area contributed by atoms with Crippen molar-refractivity contribution in [3.05, 3.63) is 54.4 Å². The Morgan fingerprint density at radius 3 is 2.76 bits per heavy atom. The van der Waals surface area contributed by atoms with Gasteiger partial charge in [-0.05, 0) is 30.7 Å². The van der Waals surface area contributed by atoms with Crippen LogP contribution in [0.2, 0.25) is 0 Å². The van der Waals surface area contributed by atoms with Gasteiger partial charge >= 0.3 is 0 Å². The van der Waals surface area contributed by atoms with Crippen LogP contribution in [0.4, 0.5) is 11.4 Å². The van der Waals surface area contributed by atoms with Gasteiger partial charge in [0.15, 0.2) is 0 Å². The Kier molecular flexibility index (Phi) is 2.56. The summed E-state index contributed by atoms with van der Waals surface area (Å²) < 4.78 is 0. The van der Waals surface area contributed by atoms with Crippen molar-refractivity contribution in [1.29, 1.82) is 0 Å². The number of benzene rings is 1. The van der Waals surface area contributed by atoms with Crippen LogP contribution in [0.15, 0.2) is 48.7 Å². The van der Waals surface area contributed by atoms with Gasteiger partial charge in [-0.15, -0.1) is 0 Å². The maximum atomic E-state index is 4.53. The largest absolute Gasteiger partial charge is 0.340 e. The molecule has 2 aromatic rings. The highest BCUT2D eigenvalue weighted by molar-refractivity contribution is 5.66. The van der Waals surface area contributed by atoms with Gasteiger partial charge in [0, 0.05) is 24.3 Å². The molecule has 1 aromatic carbocycles. The fourth-order valence-corrected chi connectivity index (χ4v) is 2.47. The molecule has 1 unspecified atom stereocenters. The highest BCUT2D eigenvalue weighted by Crippen LogP contribution is 2.37. The SMILES string of the molecule is CC1CCN(c2ccccc2)c2cccnc21. The first-order valence-electron chi connectivity index (χ1n) is 6.14. The summed E-state index contributed by atoms with van der Waals surface area (Å²) in [5.74, 6) is 0.561. The summed E-state index contributed by atoms with van der Waals surface area (Å²) in [5, 5.41) is 0. The van der Waals surface area contributed by atoms with Crippen LogP contribution in [-0.4, -0.2) is 11.5 Å². The van der Waals surface area contributed by atoms with Gasteiger partial charge in [-0.25, -0.2) is 0 Å². The van der Waals surface area contributed by atoms with Crippen molar-refractivity contribution < 1.29 is 0 Å². The predicted octanol–water partition coefficient (Wildman–Crippen LogP) is 3.73. The number of fused-ring (bicyclic) bond motifs is 1. The lowest BCUT2D eigenvalue weighted by Gasteiger charge is -2.33. The molecule has 1 atom stereocenters. The molecule has 3 rings (SSSR count). The number of nitrogens with zero attached hydrogens (tertiary/aromatic N) is 2. The molecule has 86 valence electrons. The second-order valence-corrected chi connectivity index (χ2v) is 4.58. The number of aromatic nitrogens is 1. The molecule has 0 fully saturated rings. The van der Waals surface area contributed by atoms with Crippen LogP contribution in [0.5, 0.6) is 0 Å². The summed E-state index contributed by atoms with van der Waals surface area (Å²) in [5.41, 5.74) is 3.74. The third-order valence-electron chi connectivity index (χ3n) is 3.43. The van der Waals surface area contributed by atoms with Crippen molar-refractivity contribution in [2.75, 3.05) is 11.4 Å². The standard InChI is InChI=1S/C15H16N2/c1-12-9-11-17(13-6-3-2-4-7-13)14-8-5-10-16-15(12)14/h2-8,10,12H,9,11H2,1H3. The quantitative estimate of drug-likeness (QED) is 0.733. The molecule has 0 bridgehead atoms. The van der Waals surface area contributed by atoms with Crippen LogP contribution in [0.25, 0.3) is 0 Å². The van der Waals surface area contributed by atoms with Crippen LogP contribution in [0.1, 0.15) is 25.0 Å². The topological polar surface area (TPSA) is 16.1 Å². The minimum absolute atomic E-state index is 0.561. The van der Waals surface area contributed by atoms with Gasteiger partial charge in [0.05, 0.1) is 11.4 Å². The third-order valence-corrected chi connectivity index (χ3v) is 3.43. The van der Waals surface area contributed by atoms with Crippen LogP contribution >= 0.6 is 0 Å². The zero-order valence-corrected chi connectivity index (χ0v) is 10.0.